The van der Waals surface area contributed by atoms with Crippen LogP contribution >= 0.6 is 11.3 Å². The lowest BCUT2D eigenvalue weighted by molar-refractivity contribution is 0.112. The molecule has 1 aromatic carbocycles. The summed E-state index contributed by atoms with van der Waals surface area (Å²) in [6, 6.07) is 9.28. The summed E-state index contributed by atoms with van der Waals surface area (Å²) in [5.41, 5.74) is 2.20. The fraction of sp³-hybridized carbons (Fsp3) is 0.0833. The van der Waals surface area contributed by atoms with Crippen LogP contribution in [0, 0.1) is 18.3 Å². The van der Waals surface area contributed by atoms with Crippen molar-refractivity contribution < 1.29 is 4.79 Å². The van der Waals surface area contributed by atoms with E-state index >= 15 is 0 Å². The number of aryl methyl sites for hydroxylation is 1. The number of thiazole rings is 1. The van der Waals surface area contributed by atoms with Gasteiger partial charge in [-0.25, -0.2) is 4.98 Å². The SMILES string of the molecule is Cc1nc(-c2cccc(C#N)c2)sc1C=O. The van der Waals surface area contributed by atoms with Gasteiger partial charge in [0, 0.05) is 5.56 Å². The molecule has 1 aromatic heterocycles. The standard InChI is InChI=1S/C12H8N2OS/c1-8-11(7-15)16-12(14-8)10-4-2-3-9(5-10)6-13/h2-5,7H,1H3. The highest BCUT2D eigenvalue weighted by Gasteiger charge is 2.08. The van der Waals surface area contributed by atoms with E-state index in [-0.39, 0.29) is 0 Å². The summed E-state index contributed by atoms with van der Waals surface area (Å²) in [4.78, 5) is 15.7. The smallest absolute Gasteiger partial charge is 0.161 e. The Morgan fingerprint density at radius 2 is 2.31 bits per heavy atom. The molecule has 16 heavy (non-hydrogen) atoms. The Hall–Kier alpha value is -1.99. The van der Waals surface area contributed by atoms with Crippen molar-refractivity contribution in [2.24, 2.45) is 0 Å². The highest BCUT2D eigenvalue weighted by atomic mass is 32.1. The van der Waals surface area contributed by atoms with Crippen LogP contribution in [0.3, 0.4) is 0 Å². The fourth-order valence-electron chi connectivity index (χ4n) is 1.36. The van der Waals surface area contributed by atoms with E-state index in [0.717, 1.165) is 22.6 Å². The molecular formula is C12H8N2OS. The second kappa shape index (κ2) is 4.25. The van der Waals surface area contributed by atoms with Crippen LogP contribution < -0.4 is 0 Å². The molecule has 0 N–H and O–H groups in total. The molecule has 4 heteroatoms. The maximum absolute atomic E-state index is 10.7. The molecule has 78 valence electrons. The van der Waals surface area contributed by atoms with Gasteiger partial charge in [-0.15, -0.1) is 11.3 Å². The maximum atomic E-state index is 10.7. The van der Waals surface area contributed by atoms with Gasteiger partial charge in [-0.2, -0.15) is 5.26 Å². The van der Waals surface area contributed by atoms with Crippen LogP contribution in [0.15, 0.2) is 24.3 Å². The predicted octanol–water partition coefficient (Wildman–Crippen LogP) is 2.80. The van der Waals surface area contributed by atoms with Gasteiger partial charge in [-0.1, -0.05) is 12.1 Å². The monoisotopic (exact) mass is 228 g/mol. The van der Waals surface area contributed by atoms with Gasteiger partial charge in [0.2, 0.25) is 0 Å². The zero-order valence-electron chi connectivity index (χ0n) is 8.60. The molecule has 0 bridgehead atoms. The first-order valence-corrected chi connectivity index (χ1v) is 5.49. The Kier molecular flexibility index (Phi) is 2.80. The van der Waals surface area contributed by atoms with Crippen molar-refractivity contribution in [2.75, 3.05) is 0 Å². The first-order chi connectivity index (χ1) is 7.74. The Bertz CT molecular complexity index is 581. The molecule has 0 unspecified atom stereocenters. The second-order valence-corrected chi connectivity index (χ2v) is 4.31. The molecule has 0 saturated carbocycles. The fourth-order valence-corrected chi connectivity index (χ4v) is 2.24. The van der Waals surface area contributed by atoms with Gasteiger partial charge in [-0.3, -0.25) is 4.79 Å². The molecule has 0 spiro atoms. The number of aromatic nitrogens is 1. The van der Waals surface area contributed by atoms with E-state index in [0.29, 0.717) is 10.4 Å². The second-order valence-electron chi connectivity index (χ2n) is 3.28. The molecular weight excluding hydrogens is 220 g/mol. The molecule has 0 radical (unpaired) electrons. The van der Waals surface area contributed by atoms with Crippen LogP contribution in [0.25, 0.3) is 10.6 Å². The minimum atomic E-state index is 0.595. The van der Waals surface area contributed by atoms with Crippen LogP contribution in [0.4, 0.5) is 0 Å². The summed E-state index contributed by atoms with van der Waals surface area (Å²) in [7, 11) is 0. The third kappa shape index (κ3) is 1.86. The summed E-state index contributed by atoms with van der Waals surface area (Å²) < 4.78 is 0. The van der Waals surface area contributed by atoms with Gasteiger partial charge in [-0.05, 0) is 19.1 Å². The van der Waals surface area contributed by atoms with E-state index in [9.17, 15) is 4.79 Å². The van der Waals surface area contributed by atoms with E-state index in [1.807, 2.05) is 12.1 Å². The van der Waals surface area contributed by atoms with Crippen molar-refractivity contribution in [3.05, 3.63) is 40.4 Å². The normalized spacial score (nSPS) is 9.75. The molecule has 0 aliphatic rings. The van der Waals surface area contributed by atoms with Crippen molar-refractivity contribution in [1.29, 1.82) is 5.26 Å². The topological polar surface area (TPSA) is 53.8 Å². The highest BCUT2D eigenvalue weighted by molar-refractivity contribution is 7.16. The van der Waals surface area contributed by atoms with E-state index in [1.165, 1.54) is 11.3 Å². The van der Waals surface area contributed by atoms with E-state index < -0.39 is 0 Å². The number of nitrogens with zero attached hydrogens (tertiary/aromatic N) is 2. The zero-order valence-corrected chi connectivity index (χ0v) is 9.41. The van der Waals surface area contributed by atoms with Crippen molar-refractivity contribution in [3.63, 3.8) is 0 Å². The largest absolute Gasteiger partial charge is 0.297 e. The Balaban J connectivity index is 2.50. The molecule has 3 nitrogen and oxygen atoms in total. The summed E-state index contributed by atoms with van der Waals surface area (Å²) >= 11 is 1.34. The molecule has 2 rings (SSSR count). The predicted molar refractivity (Wildman–Crippen MR) is 62.4 cm³/mol. The average molecular weight is 228 g/mol. The molecule has 0 aliphatic heterocycles. The first-order valence-electron chi connectivity index (χ1n) is 4.67. The quantitative estimate of drug-likeness (QED) is 0.743. The first kappa shape index (κ1) is 10.5. The summed E-state index contributed by atoms with van der Waals surface area (Å²) in [5.74, 6) is 0. The van der Waals surface area contributed by atoms with Gasteiger partial charge < -0.3 is 0 Å². The molecule has 0 saturated heterocycles. The third-order valence-electron chi connectivity index (χ3n) is 2.18. The Labute approximate surface area is 97.0 Å². The molecule has 1 heterocycles. The van der Waals surface area contributed by atoms with Gasteiger partial charge in [0.1, 0.15) is 5.01 Å². The van der Waals surface area contributed by atoms with Crippen LogP contribution in [-0.4, -0.2) is 11.3 Å². The molecule has 0 fully saturated rings. The zero-order chi connectivity index (χ0) is 11.5. The molecule has 2 aromatic rings. The lowest BCUT2D eigenvalue weighted by Crippen LogP contribution is -1.80. The van der Waals surface area contributed by atoms with Crippen molar-refractivity contribution in [1.82, 2.24) is 4.98 Å². The number of hydrogen-bond acceptors (Lipinski definition) is 4. The van der Waals surface area contributed by atoms with Crippen LogP contribution in [0.1, 0.15) is 20.9 Å². The van der Waals surface area contributed by atoms with Crippen LogP contribution in [-0.2, 0) is 0 Å². The number of nitriles is 1. The third-order valence-corrected chi connectivity index (χ3v) is 3.31. The lowest BCUT2D eigenvalue weighted by atomic mass is 10.1. The minimum absolute atomic E-state index is 0.595. The van der Waals surface area contributed by atoms with Crippen molar-refractivity contribution in [3.8, 4) is 16.6 Å². The van der Waals surface area contributed by atoms with Crippen molar-refractivity contribution in [2.45, 2.75) is 6.92 Å². The Morgan fingerprint density at radius 1 is 1.50 bits per heavy atom. The summed E-state index contributed by atoms with van der Waals surface area (Å²) in [5, 5.41) is 9.57. The maximum Gasteiger partial charge on any atom is 0.161 e. The van der Waals surface area contributed by atoms with Gasteiger partial charge in [0.05, 0.1) is 22.2 Å². The van der Waals surface area contributed by atoms with E-state index in [2.05, 4.69) is 11.1 Å². The van der Waals surface area contributed by atoms with Gasteiger partial charge in [0.25, 0.3) is 0 Å². The number of hydrogen-bond donors (Lipinski definition) is 0. The number of benzene rings is 1. The van der Waals surface area contributed by atoms with Crippen LogP contribution in [0.5, 0.6) is 0 Å². The number of rotatable bonds is 2. The van der Waals surface area contributed by atoms with E-state index in [4.69, 9.17) is 5.26 Å². The van der Waals surface area contributed by atoms with Gasteiger partial charge >= 0.3 is 0 Å². The summed E-state index contributed by atoms with van der Waals surface area (Å²) in [6.07, 6.45) is 0.810. The van der Waals surface area contributed by atoms with Gasteiger partial charge in [0.15, 0.2) is 6.29 Å². The minimum Gasteiger partial charge on any atom is -0.297 e. The van der Waals surface area contributed by atoms with E-state index in [1.54, 1.807) is 19.1 Å². The number of aldehydes is 1. The molecule has 0 aliphatic carbocycles. The molecule has 0 atom stereocenters. The highest BCUT2D eigenvalue weighted by Crippen LogP contribution is 2.27. The number of carbonyl (C=O) groups is 1. The van der Waals surface area contributed by atoms with Crippen LogP contribution in [0.2, 0.25) is 0 Å². The Morgan fingerprint density at radius 3 is 2.94 bits per heavy atom. The number of carbonyl (C=O) groups excluding carboxylic acids is 1. The average Bonchev–Trinajstić information content (AvgIpc) is 2.71. The van der Waals surface area contributed by atoms with Crippen molar-refractivity contribution >= 4 is 17.6 Å². The summed E-state index contributed by atoms with van der Waals surface area (Å²) in [6.45, 7) is 1.80. The lowest BCUT2D eigenvalue weighted by Gasteiger charge is -1.95. The molecule has 0 amide bonds.